The van der Waals surface area contributed by atoms with Crippen LogP contribution in [0, 0.1) is 0 Å². The largest absolute Gasteiger partial charge is 0.497 e. The van der Waals surface area contributed by atoms with Gasteiger partial charge in [-0.3, -0.25) is 9.79 Å². The molecule has 0 fully saturated rings. The number of amides is 1. The monoisotopic (exact) mass is 399 g/mol. The molecule has 0 bridgehead atoms. The Kier molecular flexibility index (Phi) is 5.63. The molecule has 3 N–H and O–H groups in total. The molecule has 3 aromatic rings. The molecule has 0 saturated heterocycles. The van der Waals surface area contributed by atoms with Crippen molar-refractivity contribution < 1.29 is 9.53 Å². The fourth-order valence-corrected chi connectivity index (χ4v) is 3.74. The Hall–Kier alpha value is -3.44. The molecule has 0 aromatic heterocycles. The highest BCUT2D eigenvalue weighted by atomic mass is 16.5. The maximum atomic E-state index is 12.9. The molecule has 152 valence electrons. The highest BCUT2D eigenvalue weighted by molar-refractivity contribution is 6.03. The van der Waals surface area contributed by atoms with Gasteiger partial charge >= 0.3 is 0 Å². The summed E-state index contributed by atoms with van der Waals surface area (Å²) in [5, 5.41) is 3.04. The number of nitrogens with one attached hydrogen (secondary N) is 1. The third kappa shape index (κ3) is 3.98. The number of rotatable bonds is 6. The second kappa shape index (κ2) is 8.51. The highest BCUT2D eigenvalue weighted by Gasteiger charge is 2.17. The molecule has 1 amide bonds. The third-order valence-electron chi connectivity index (χ3n) is 5.48. The number of nitrogens with zero attached hydrogens (tertiary/aromatic N) is 1. The molecule has 0 radical (unpaired) electrons. The van der Waals surface area contributed by atoms with Gasteiger partial charge in [0.15, 0.2) is 0 Å². The summed E-state index contributed by atoms with van der Waals surface area (Å²) in [5.41, 5.74) is 13.0. The average Bonchev–Trinajstić information content (AvgIpc) is 3.17. The molecule has 1 aliphatic rings. The van der Waals surface area contributed by atoms with E-state index in [1.54, 1.807) is 7.11 Å². The van der Waals surface area contributed by atoms with Crippen LogP contribution in [0.15, 0.2) is 71.7 Å². The highest BCUT2D eigenvalue weighted by Crippen LogP contribution is 2.27. The SMILES string of the molecule is COc1cccc(C(CN)NC(=O)c2cccc(-c3ccc4c(c3)C(C)=NC4)c2)c1. The number of nitrogens with two attached hydrogens (primary N) is 1. The van der Waals surface area contributed by atoms with E-state index in [9.17, 15) is 4.79 Å². The summed E-state index contributed by atoms with van der Waals surface area (Å²) < 4.78 is 5.28. The zero-order chi connectivity index (χ0) is 21.1. The van der Waals surface area contributed by atoms with E-state index in [4.69, 9.17) is 10.5 Å². The minimum Gasteiger partial charge on any atom is -0.497 e. The molecule has 1 unspecified atom stereocenters. The average molecular weight is 399 g/mol. The first-order valence-electron chi connectivity index (χ1n) is 9.98. The molecule has 3 aromatic carbocycles. The van der Waals surface area contributed by atoms with E-state index in [0.717, 1.165) is 34.7 Å². The lowest BCUT2D eigenvalue weighted by molar-refractivity contribution is 0.0938. The van der Waals surface area contributed by atoms with Gasteiger partial charge in [0.25, 0.3) is 5.91 Å². The van der Waals surface area contributed by atoms with Crippen LogP contribution in [0.4, 0.5) is 0 Å². The topological polar surface area (TPSA) is 76.7 Å². The summed E-state index contributed by atoms with van der Waals surface area (Å²) in [6.45, 7) is 3.07. The molecule has 4 rings (SSSR count). The predicted octanol–water partition coefficient (Wildman–Crippen LogP) is 4.11. The van der Waals surface area contributed by atoms with Crippen molar-refractivity contribution in [2.45, 2.75) is 19.5 Å². The van der Waals surface area contributed by atoms with E-state index in [1.165, 1.54) is 11.1 Å². The van der Waals surface area contributed by atoms with Crippen molar-refractivity contribution in [2.24, 2.45) is 10.7 Å². The van der Waals surface area contributed by atoms with Crippen LogP contribution in [0.3, 0.4) is 0 Å². The van der Waals surface area contributed by atoms with Crippen molar-refractivity contribution in [1.29, 1.82) is 0 Å². The summed E-state index contributed by atoms with van der Waals surface area (Å²) >= 11 is 0. The predicted molar refractivity (Wildman–Crippen MR) is 120 cm³/mol. The first kappa shape index (κ1) is 19.9. The molecule has 1 aliphatic heterocycles. The molecular weight excluding hydrogens is 374 g/mol. The van der Waals surface area contributed by atoms with Crippen molar-refractivity contribution in [3.63, 3.8) is 0 Å². The summed E-state index contributed by atoms with van der Waals surface area (Å²) in [5.74, 6) is 0.576. The van der Waals surface area contributed by atoms with Crippen LogP contribution in [-0.4, -0.2) is 25.3 Å². The van der Waals surface area contributed by atoms with Crippen LogP contribution in [-0.2, 0) is 6.54 Å². The fraction of sp³-hybridized carbons (Fsp3) is 0.200. The number of carbonyl (C=O) groups excluding carboxylic acids is 1. The Bertz CT molecular complexity index is 1120. The minimum absolute atomic E-state index is 0.158. The summed E-state index contributed by atoms with van der Waals surface area (Å²) in [6.07, 6.45) is 0. The Morgan fingerprint density at radius 2 is 1.90 bits per heavy atom. The quantitative estimate of drug-likeness (QED) is 0.655. The maximum absolute atomic E-state index is 12.9. The fourth-order valence-electron chi connectivity index (χ4n) is 3.74. The summed E-state index contributed by atoms with van der Waals surface area (Å²) in [4.78, 5) is 17.4. The van der Waals surface area contributed by atoms with Gasteiger partial charge in [0.05, 0.1) is 19.7 Å². The number of aliphatic imine (C=N–C) groups is 1. The number of ether oxygens (including phenoxy) is 1. The van der Waals surface area contributed by atoms with Gasteiger partial charge in [-0.2, -0.15) is 0 Å². The Morgan fingerprint density at radius 3 is 2.70 bits per heavy atom. The third-order valence-corrected chi connectivity index (χ3v) is 5.48. The van der Waals surface area contributed by atoms with Gasteiger partial charge in [-0.05, 0) is 59.5 Å². The smallest absolute Gasteiger partial charge is 0.251 e. The summed E-state index contributed by atoms with van der Waals surface area (Å²) in [7, 11) is 1.62. The standard InChI is InChI=1S/C25H25N3O2/c1-16-23-13-18(9-10-21(23)15-27-16)17-5-3-7-20(11-17)25(29)28-24(14-26)19-6-4-8-22(12-19)30-2/h3-13,24H,14-15,26H2,1-2H3,(H,28,29). The lowest BCUT2D eigenvalue weighted by Gasteiger charge is -2.18. The Balaban J connectivity index is 1.57. The first-order chi connectivity index (χ1) is 14.6. The number of fused-ring (bicyclic) bond motifs is 1. The van der Waals surface area contributed by atoms with E-state index in [0.29, 0.717) is 12.1 Å². The van der Waals surface area contributed by atoms with Gasteiger partial charge in [0, 0.05) is 23.4 Å². The Morgan fingerprint density at radius 1 is 1.10 bits per heavy atom. The van der Waals surface area contributed by atoms with E-state index in [-0.39, 0.29) is 11.9 Å². The maximum Gasteiger partial charge on any atom is 0.251 e. The molecular formula is C25H25N3O2. The van der Waals surface area contributed by atoms with Gasteiger partial charge in [0.2, 0.25) is 0 Å². The molecule has 0 spiro atoms. The van der Waals surface area contributed by atoms with Crippen LogP contribution >= 0.6 is 0 Å². The van der Waals surface area contributed by atoms with Crippen molar-refractivity contribution >= 4 is 11.6 Å². The molecule has 0 saturated carbocycles. The van der Waals surface area contributed by atoms with Crippen LogP contribution in [0.5, 0.6) is 5.75 Å². The number of hydrogen-bond acceptors (Lipinski definition) is 4. The normalized spacial score (nSPS) is 13.4. The van der Waals surface area contributed by atoms with E-state index in [2.05, 4.69) is 28.5 Å². The van der Waals surface area contributed by atoms with Gasteiger partial charge < -0.3 is 15.8 Å². The molecule has 0 aliphatic carbocycles. The van der Waals surface area contributed by atoms with E-state index in [1.807, 2.05) is 55.5 Å². The van der Waals surface area contributed by atoms with Crippen molar-refractivity contribution in [3.05, 3.63) is 89.0 Å². The van der Waals surface area contributed by atoms with Crippen molar-refractivity contribution in [3.8, 4) is 16.9 Å². The minimum atomic E-state index is -0.296. The molecule has 5 nitrogen and oxygen atoms in total. The number of hydrogen-bond donors (Lipinski definition) is 2. The van der Waals surface area contributed by atoms with Crippen LogP contribution < -0.4 is 15.8 Å². The van der Waals surface area contributed by atoms with Gasteiger partial charge in [-0.25, -0.2) is 0 Å². The van der Waals surface area contributed by atoms with E-state index >= 15 is 0 Å². The summed E-state index contributed by atoms with van der Waals surface area (Å²) in [6, 6.07) is 21.3. The van der Waals surface area contributed by atoms with Crippen molar-refractivity contribution in [2.75, 3.05) is 13.7 Å². The molecule has 30 heavy (non-hydrogen) atoms. The first-order valence-corrected chi connectivity index (χ1v) is 9.98. The lowest BCUT2D eigenvalue weighted by atomic mass is 9.97. The van der Waals surface area contributed by atoms with Gasteiger partial charge in [-0.1, -0.05) is 36.4 Å². The van der Waals surface area contributed by atoms with Gasteiger partial charge in [0.1, 0.15) is 5.75 Å². The zero-order valence-electron chi connectivity index (χ0n) is 17.2. The number of methoxy groups -OCH3 is 1. The lowest BCUT2D eigenvalue weighted by Crippen LogP contribution is -2.33. The number of carbonyl (C=O) groups is 1. The van der Waals surface area contributed by atoms with Crippen LogP contribution in [0.1, 0.15) is 40.0 Å². The molecule has 5 heteroatoms. The second-order valence-corrected chi connectivity index (χ2v) is 7.39. The molecule has 1 atom stereocenters. The van der Waals surface area contributed by atoms with Crippen molar-refractivity contribution in [1.82, 2.24) is 5.32 Å². The second-order valence-electron chi connectivity index (χ2n) is 7.39. The van der Waals surface area contributed by atoms with Crippen LogP contribution in [0.2, 0.25) is 0 Å². The molecule has 1 heterocycles. The zero-order valence-corrected chi connectivity index (χ0v) is 17.2. The number of benzene rings is 3. The van der Waals surface area contributed by atoms with Crippen LogP contribution in [0.25, 0.3) is 11.1 Å². The Labute approximate surface area is 176 Å². The van der Waals surface area contributed by atoms with E-state index < -0.39 is 0 Å². The van der Waals surface area contributed by atoms with Gasteiger partial charge in [-0.15, -0.1) is 0 Å².